The van der Waals surface area contributed by atoms with Crippen LogP contribution < -0.4 is 5.32 Å². The molecule has 0 saturated heterocycles. The summed E-state index contributed by atoms with van der Waals surface area (Å²) in [6.07, 6.45) is 0.722. The molecule has 2 heterocycles. The second kappa shape index (κ2) is 7.15. The Morgan fingerprint density at radius 3 is 2.52 bits per heavy atom. The van der Waals surface area contributed by atoms with Crippen molar-refractivity contribution in [3.63, 3.8) is 0 Å². The first-order valence-corrected chi connectivity index (χ1v) is 9.70. The van der Waals surface area contributed by atoms with Gasteiger partial charge in [0, 0.05) is 23.6 Å². The lowest BCUT2D eigenvalue weighted by Gasteiger charge is -2.26. The first-order valence-electron chi connectivity index (χ1n) is 8.72. The molecule has 4 rings (SSSR count). The van der Waals surface area contributed by atoms with Crippen LogP contribution in [0.4, 0.5) is 4.39 Å². The van der Waals surface area contributed by atoms with Crippen molar-refractivity contribution in [1.29, 1.82) is 0 Å². The van der Waals surface area contributed by atoms with Crippen molar-refractivity contribution in [2.75, 3.05) is 12.3 Å². The molecule has 0 radical (unpaired) electrons. The van der Waals surface area contributed by atoms with E-state index in [0.717, 1.165) is 16.2 Å². The molecule has 0 fully saturated rings. The number of rotatable bonds is 4. The number of amides is 3. The third-order valence-electron chi connectivity index (χ3n) is 4.80. The lowest BCUT2D eigenvalue weighted by atomic mass is 10.0. The highest BCUT2D eigenvalue weighted by molar-refractivity contribution is 7.99. The van der Waals surface area contributed by atoms with Gasteiger partial charge in [0.25, 0.3) is 11.8 Å². The van der Waals surface area contributed by atoms with Crippen molar-refractivity contribution in [2.24, 2.45) is 0 Å². The van der Waals surface area contributed by atoms with Crippen molar-refractivity contribution < 1.29 is 18.8 Å². The van der Waals surface area contributed by atoms with Crippen LogP contribution in [0.1, 0.15) is 45.2 Å². The Hall–Kier alpha value is -2.67. The van der Waals surface area contributed by atoms with E-state index in [-0.39, 0.29) is 42.5 Å². The van der Waals surface area contributed by atoms with Crippen LogP contribution in [-0.4, -0.2) is 34.9 Å². The number of thioether (sulfide) groups is 1. The number of imide groups is 1. The van der Waals surface area contributed by atoms with Crippen LogP contribution in [0.15, 0.2) is 47.4 Å². The Labute approximate surface area is 159 Å². The van der Waals surface area contributed by atoms with Gasteiger partial charge in [-0.1, -0.05) is 24.3 Å². The molecule has 3 amide bonds. The summed E-state index contributed by atoms with van der Waals surface area (Å²) in [6, 6.07) is 11.2. The molecule has 0 unspecified atom stereocenters. The summed E-state index contributed by atoms with van der Waals surface area (Å²) in [4.78, 5) is 38.8. The fourth-order valence-electron chi connectivity index (χ4n) is 3.46. The maximum absolute atomic E-state index is 13.9. The van der Waals surface area contributed by atoms with Crippen LogP contribution in [0.2, 0.25) is 0 Å². The highest BCUT2D eigenvalue weighted by Gasteiger charge is 2.35. The molecule has 0 aromatic heterocycles. The number of nitrogens with one attached hydrogen (secondary N) is 1. The molecule has 2 aliphatic rings. The smallest absolute Gasteiger partial charge is 0.261 e. The van der Waals surface area contributed by atoms with Crippen LogP contribution in [-0.2, 0) is 4.79 Å². The maximum Gasteiger partial charge on any atom is 0.261 e. The van der Waals surface area contributed by atoms with Gasteiger partial charge in [-0.05, 0) is 30.2 Å². The molecule has 0 bridgehead atoms. The number of hydrogen-bond acceptors (Lipinski definition) is 4. The summed E-state index contributed by atoms with van der Waals surface area (Å²) in [5.41, 5.74) is 1.52. The van der Waals surface area contributed by atoms with Crippen molar-refractivity contribution in [3.05, 3.63) is 65.0 Å². The molecule has 138 valence electrons. The minimum absolute atomic E-state index is 0.0137. The molecule has 0 spiro atoms. The van der Waals surface area contributed by atoms with Crippen LogP contribution in [0, 0.1) is 5.82 Å². The topological polar surface area (TPSA) is 66.5 Å². The van der Waals surface area contributed by atoms with E-state index in [9.17, 15) is 18.8 Å². The van der Waals surface area contributed by atoms with E-state index in [1.165, 1.54) is 17.8 Å². The van der Waals surface area contributed by atoms with E-state index >= 15 is 0 Å². The van der Waals surface area contributed by atoms with Gasteiger partial charge < -0.3 is 5.32 Å². The molecule has 2 aromatic rings. The standard InChI is InChI=1S/C20H17FN2O3S/c21-15-7-3-6-14-16(9-11-27-18(14)15)22-17(24)8-10-23-19(25)12-4-1-2-5-13(12)20(23)26/h1-7,16H,8-11H2,(H,22,24)/t16-/m0/s1. The number of fused-ring (bicyclic) bond motifs is 2. The highest BCUT2D eigenvalue weighted by atomic mass is 32.2. The Balaban J connectivity index is 1.40. The van der Waals surface area contributed by atoms with Crippen LogP contribution in [0.5, 0.6) is 0 Å². The Bertz CT molecular complexity index is 912. The summed E-state index contributed by atoms with van der Waals surface area (Å²) >= 11 is 1.45. The fraction of sp³-hybridized carbons (Fsp3) is 0.250. The third kappa shape index (κ3) is 3.23. The average Bonchev–Trinajstić information content (AvgIpc) is 2.92. The van der Waals surface area contributed by atoms with Gasteiger partial charge in [-0.3, -0.25) is 19.3 Å². The zero-order chi connectivity index (χ0) is 19.0. The van der Waals surface area contributed by atoms with E-state index in [0.29, 0.717) is 22.4 Å². The van der Waals surface area contributed by atoms with E-state index < -0.39 is 0 Å². The molecular formula is C20H17FN2O3S. The van der Waals surface area contributed by atoms with E-state index in [1.54, 1.807) is 30.3 Å². The Morgan fingerprint density at radius 2 is 1.81 bits per heavy atom. The van der Waals surface area contributed by atoms with Gasteiger partial charge in [0.05, 0.1) is 17.2 Å². The first-order chi connectivity index (χ1) is 13.1. The summed E-state index contributed by atoms with van der Waals surface area (Å²) in [5.74, 6) is -0.562. The Morgan fingerprint density at radius 1 is 1.11 bits per heavy atom. The van der Waals surface area contributed by atoms with Crippen LogP contribution >= 0.6 is 11.8 Å². The molecular weight excluding hydrogens is 367 g/mol. The zero-order valence-corrected chi connectivity index (χ0v) is 15.2. The van der Waals surface area contributed by atoms with E-state index in [4.69, 9.17) is 0 Å². The summed E-state index contributed by atoms with van der Waals surface area (Å²) < 4.78 is 13.9. The summed E-state index contributed by atoms with van der Waals surface area (Å²) in [5, 5.41) is 2.91. The number of halogens is 1. The normalized spacial score (nSPS) is 18.3. The van der Waals surface area contributed by atoms with Gasteiger partial charge in [-0.25, -0.2) is 4.39 Å². The Kier molecular flexibility index (Phi) is 4.70. The van der Waals surface area contributed by atoms with Gasteiger partial charge >= 0.3 is 0 Å². The van der Waals surface area contributed by atoms with Gasteiger partial charge in [-0.2, -0.15) is 0 Å². The van der Waals surface area contributed by atoms with Crippen molar-refractivity contribution >= 4 is 29.5 Å². The van der Waals surface area contributed by atoms with Crippen LogP contribution in [0.25, 0.3) is 0 Å². The molecule has 0 saturated carbocycles. The number of nitrogens with zero attached hydrogens (tertiary/aromatic N) is 1. The minimum atomic E-state index is -0.370. The SMILES string of the molecule is O=C(CCN1C(=O)c2ccccc2C1=O)N[C@H]1CCSc2c(F)cccc21. The van der Waals surface area contributed by atoms with Crippen LogP contribution in [0.3, 0.4) is 0 Å². The average molecular weight is 384 g/mol. The number of carbonyl (C=O) groups is 3. The van der Waals surface area contributed by atoms with Gasteiger partial charge in [-0.15, -0.1) is 11.8 Å². The molecule has 7 heteroatoms. The first kappa shape index (κ1) is 17.7. The number of benzene rings is 2. The largest absolute Gasteiger partial charge is 0.349 e. The summed E-state index contributed by atoms with van der Waals surface area (Å²) in [7, 11) is 0. The number of carbonyl (C=O) groups excluding carboxylic acids is 3. The molecule has 1 atom stereocenters. The number of hydrogen-bond donors (Lipinski definition) is 1. The molecule has 2 aliphatic heterocycles. The summed E-state index contributed by atoms with van der Waals surface area (Å²) in [6.45, 7) is 0.0235. The molecule has 0 aliphatic carbocycles. The monoisotopic (exact) mass is 384 g/mol. The maximum atomic E-state index is 13.9. The van der Waals surface area contributed by atoms with E-state index in [2.05, 4.69) is 5.32 Å². The fourth-order valence-corrected chi connectivity index (χ4v) is 4.60. The highest BCUT2D eigenvalue weighted by Crippen LogP contribution is 2.37. The second-order valence-corrected chi connectivity index (χ2v) is 7.58. The van der Waals surface area contributed by atoms with Crippen molar-refractivity contribution in [3.8, 4) is 0 Å². The molecule has 27 heavy (non-hydrogen) atoms. The molecule has 2 aromatic carbocycles. The van der Waals surface area contributed by atoms with Gasteiger partial charge in [0.1, 0.15) is 5.82 Å². The quantitative estimate of drug-likeness (QED) is 0.823. The van der Waals surface area contributed by atoms with E-state index in [1.807, 2.05) is 6.07 Å². The minimum Gasteiger partial charge on any atom is -0.349 e. The lowest BCUT2D eigenvalue weighted by Crippen LogP contribution is -2.36. The van der Waals surface area contributed by atoms with Crippen molar-refractivity contribution in [1.82, 2.24) is 10.2 Å². The lowest BCUT2D eigenvalue weighted by molar-refractivity contribution is -0.122. The predicted octanol–water partition coefficient (Wildman–Crippen LogP) is 3.17. The van der Waals surface area contributed by atoms with Gasteiger partial charge in [0.15, 0.2) is 0 Å². The third-order valence-corrected chi connectivity index (χ3v) is 5.96. The molecule has 1 N–H and O–H groups in total. The predicted molar refractivity (Wildman–Crippen MR) is 99.1 cm³/mol. The van der Waals surface area contributed by atoms with Gasteiger partial charge in [0.2, 0.25) is 5.91 Å². The van der Waals surface area contributed by atoms with Crippen molar-refractivity contribution in [2.45, 2.75) is 23.8 Å². The zero-order valence-electron chi connectivity index (χ0n) is 14.4. The molecule has 5 nitrogen and oxygen atoms in total. The second-order valence-electron chi connectivity index (χ2n) is 6.47.